The lowest BCUT2D eigenvalue weighted by atomic mass is 10.2. The molecule has 2 rings (SSSR count). The first-order chi connectivity index (χ1) is 6.70. The number of halogens is 1. The van der Waals surface area contributed by atoms with Crippen LogP contribution in [0.4, 0.5) is 4.39 Å². The lowest BCUT2D eigenvalue weighted by Crippen LogP contribution is -2.12. The molecule has 0 aliphatic rings. The predicted octanol–water partition coefficient (Wildman–Crippen LogP) is 1.40. The van der Waals surface area contributed by atoms with Crippen LogP contribution < -0.4 is 5.73 Å². The lowest BCUT2D eigenvalue weighted by molar-refractivity contribution is 0.0996. The van der Waals surface area contributed by atoms with Gasteiger partial charge in [-0.15, -0.1) is 0 Å². The minimum absolute atomic E-state index is 0.142. The van der Waals surface area contributed by atoms with Crippen molar-refractivity contribution in [2.75, 3.05) is 0 Å². The zero-order chi connectivity index (χ0) is 10.1. The number of rotatable bonds is 2. The van der Waals surface area contributed by atoms with E-state index in [9.17, 15) is 9.18 Å². The Bertz CT molecular complexity index is 493. The monoisotopic (exact) mass is 194 g/mol. The van der Waals surface area contributed by atoms with Gasteiger partial charge in [-0.25, -0.2) is 9.37 Å². The summed E-state index contributed by atoms with van der Waals surface area (Å²) in [5.41, 5.74) is 5.63. The zero-order valence-electron chi connectivity index (χ0n) is 7.16. The van der Waals surface area contributed by atoms with E-state index >= 15 is 0 Å². The topological polar surface area (TPSA) is 69.1 Å². The average Bonchev–Trinajstić information content (AvgIpc) is 2.58. The third-order valence-electron chi connectivity index (χ3n) is 1.84. The summed E-state index contributed by atoms with van der Waals surface area (Å²) in [5.74, 6) is -0.404. The summed E-state index contributed by atoms with van der Waals surface area (Å²) in [7, 11) is 0. The highest BCUT2D eigenvalue weighted by atomic mass is 19.1. The van der Waals surface area contributed by atoms with Crippen LogP contribution in [0.25, 0.3) is 11.0 Å². The van der Waals surface area contributed by atoms with Crippen LogP contribution >= 0.6 is 0 Å². The van der Waals surface area contributed by atoms with Gasteiger partial charge in [-0.1, -0.05) is 0 Å². The van der Waals surface area contributed by atoms with E-state index in [1.807, 2.05) is 0 Å². The molecule has 0 saturated heterocycles. The highest BCUT2D eigenvalue weighted by molar-refractivity contribution is 5.94. The zero-order valence-corrected chi connectivity index (χ0v) is 7.16. The molecule has 0 aliphatic heterocycles. The molecule has 2 aromatic rings. The van der Waals surface area contributed by atoms with Gasteiger partial charge in [-0.05, 0) is 12.1 Å². The van der Waals surface area contributed by atoms with Gasteiger partial charge in [0.25, 0.3) is 5.91 Å². The van der Waals surface area contributed by atoms with Crippen molar-refractivity contribution in [2.24, 2.45) is 5.73 Å². The number of carbonyl (C=O) groups excluding carboxylic acids is 1. The minimum atomic E-state index is -0.680. The second-order valence-electron chi connectivity index (χ2n) is 2.82. The molecule has 5 heteroatoms. The summed E-state index contributed by atoms with van der Waals surface area (Å²) in [5, 5.41) is 0.626. The Hall–Kier alpha value is -1.91. The van der Waals surface area contributed by atoms with E-state index in [-0.39, 0.29) is 11.5 Å². The van der Waals surface area contributed by atoms with Crippen molar-refractivity contribution >= 4 is 16.9 Å². The van der Waals surface area contributed by atoms with Gasteiger partial charge in [0, 0.05) is 5.39 Å². The number of furan rings is 1. The number of hydrogen-bond donors (Lipinski definition) is 1. The van der Waals surface area contributed by atoms with Crippen LogP contribution in [-0.4, -0.2) is 10.9 Å². The molecule has 0 spiro atoms. The Morgan fingerprint density at radius 2 is 2.36 bits per heavy atom. The number of aromatic nitrogens is 1. The summed E-state index contributed by atoms with van der Waals surface area (Å²) < 4.78 is 17.3. The van der Waals surface area contributed by atoms with Gasteiger partial charge in [0.15, 0.2) is 5.58 Å². The number of amides is 1. The molecule has 0 aliphatic carbocycles. The van der Waals surface area contributed by atoms with Crippen LogP contribution in [0, 0.1) is 0 Å². The van der Waals surface area contributed by atoms with E-state index in [2.05, 4.69) is 4.98 Å². The first kappa shape index (κ1) is 8.68. The number of primary amides is 1. The van der Waals surface area contributed by atoms with Crippen molar-refractivity contribution in [2.45, 2.75) is 6.67 Å². The van der Waals surface area contributed by atoms with Gasteiger partial charge in [0.1, 0.15) is 18.1 Å². The van der Waals surface area contributed by atoms with E-state index in [4.69, 9.17) is 10.2 Å². The summed E-state index contributed by atoms with van der Waals surface area (Å²) >= 11 is 0. The maximum atomic E-state index is 12.2. The lowest BCUT2D eigenvalue weighted by Gasteiger charge is -1.92. The first-order valence-electron chi connectivity index (χ1n) is 3.95. The average molecular weight is 194 g/mol. The predicted molar refractivity (Wildman–Crippen MR) is 47.3 cm³/mol. The molecular weight excluding hydrogens is 187 g/mol. The Labute approximate surface area is 78.5 Å². The maximum Gasteiger partial charge on any atom is 0.267 e. The molecule has 0 atom stereocenters. The Morgan fingerprint density at radius 3 is 3.00 bits per heavy atom. The van der Waals surface area contributed by atoms with Crippen LogP contribution in [0.2, 0.25) is 0 Å². The number of nitrogens with two attached hydrogens (primary N) is 1. The number of hydrogen-bond acceptors (Lipinski definition) is 3. The number of alkyl halides is 1. The van der Waals surface area contributed by atoms with Gasteiger partial charge >= 0.3 is 0 Å². The van der Waals surface area contributed by atoms with Crippen LogP contribution in [0.3, 0.4) is 0 Å². The molecule has 1 amide bonds. The van der Waals surface area contributed by atoms with Gasteiger partial charge in [0.05, 0.1) is 6.20 Å². The Kier molecular flexibility index (Phi) is 1.92. The fourth-order valence-electron chi connectivity index (χ4n) is 1.20. The van der Waals surface area contributed by atoms with Crippen LogP contribution in [0.1, 0.15) is 16.2 Å². The van der Waals surface area contributed by atoms with E-state index in [1.165, 1.54) is 18.3 Å². The van der Waals surface area contributed by atoms with Crippen molar-refractivity contribution in [1.29, 1.82) is 0 Å². The van der Waals surface area contributed by atoms with Gasteiger partial charge < -0.3 is 10.2 Å². The largest absolute Gasteiger partial charge is 0.457 e. The van der Waals surface area contributed by atoms with E-state index < -0.39 is 12.6 Å². The van der Waals surface area contributed by atoms with E-state index in [0.717, 1.165) is 0 Å². The summed E-state index contributed by atoms with van der Waals surface area (Å²) in [6.07, 6.45) is 1.36. The van der Waals surface area contributed by atoms with Crippen LogP contribution in [-0.2, 0) is 6.67 Å². The maximum absolute atomic E-state index is 12.2. The molecule has 2 aromatic heterocycles. The summed E-state index contributed by atoms with van der Waals surface area (Å²) in [4.78, 5) is 14.5. The minimum Gasteiger partial charge on any atom is -0.457 e. The van der Waals surface area contributed by atoms with Crippen molar-refractivity contribution in [1.82, 2.24) is 4.98 Å². The molecule has 2 N–H and O–H groups in total. The molecule has 72 valence electrons. The summed E-state index contributed by atoms with van der Waals surface area (Å²) in [6, 6.07) is 2.99. The number of fused-ring (bicyclic) bond motifs is 1. The fraction of sp³-hybridized carbons (Fsp3) is 0.111. The number of pyridine rings is 1. The molecule has 0 fully saturated rings. The van der Waals surface area contributed by atoms with Crippen molar-refractivity contribution in [3.8, 4) is 0 Å². The molecular formula is C9H7FN2O2. The van der Waals surface area contributed by atoms with Gasteiger partial charge in [-0.3, -0.25) is 4.79 Å². The van der Waals surface area contributed by atoms with Gasteiger partial charge in [0.2, 0.25) is 0 Å². The van der Waals surface area contributed by atoms with Crippen LogP contribution in [0.5, 0.6) is 0 Å². The van der Waals surface area contributed by atoms with Crippen molar-refractivity contribution in [3.63, 3.8) is 0 Å². The standard InChI is InChI=1S/C9H7FN2O2/c10-3-6-1-5-2-7(9(11)13)12-4-8(5)14-6/h1-2,4H,3H2,(H2,11,13). The molecule has 0 aromatic carbocycles. The van der Waals surface area contributed by atoms with E-state index in [1.54, 1.807) is 0 Å². The number of nitrogens with zero attached hydrogens (tertiary/aromatic N) is 1. The highest BCUT2D eigenvalue weighted by Gasteiger charge is 2.07. The quantitative estimate of drug-likeness (QED) is 0.785. The normalized spacial score (nSPS) is 10.6. The second-order valence-corrected chi connectivity index (χ2v) is 2.82. The van der Waals surface area contributed by atoms with Crippen molar-refractivity contribution < 1.29 is 13.6 Å². The van der Waals surface area contributed by atoms with Gasteiger partial charge in [-0.2, -0.15) is 0 Å². The Balaban J connectivity index is 2.59. The SMILES string of the molecule is NC(=O)c1cc2cc(CF)oc2cn1. The second kappa shape index (κ2) is 3.10. The third-order valence-corrected chi connectivity index (χ3v) is 1.84. The molecule has 2 heterocycles. The Morgan fingerprint density at radius 1 is 1.57 bits per heavy atom. The molecule has 0 radical (unpaired) electrons. The molecule has 4 nitrogen and oxygen atoms in total. The third kappa shape index (κ3) is 1.32. The smallest absolute Gasteiger partial charge is 0.267 e. The van der Waals surface area contributed by atoms with Crippen LogP contribution in [0.15, 0.2) is 22.7 Å². The molecule has 0 saturated carbocycles. The van der Waals surface area contributed by atoms with E-state index in [0.29, 0.717) is 11.0 Å². The molecule has 0 bridgehead atoms. The summed E-state index contributed by atoms with van der Waals surface area (Å²) in [6.45, 7) is -0.680. The van der Waals surface area contributed by atoms with Crippen molar-refractivity contribution in [3.05, 3.63) is 29.8 Å². The molecule has 0 unspecified atom stereocenters. The first-order valence-corrected chi connectivity index (χ1v) is 3.95. The fourth-order valence-corrected chi connectivity index (χ4v) is 1.20. The molecule has 14 heavy (non-hydrogen) atoms. The highest BCUT2D eigenvalue weighted by Crippen LogP contribution is 2.19. The number of carbonyl (C=O) groups is 1.